The van der Waals surface area contributed by atoms with E-state index in [2.05, 4.69) is 45.9 Å². The molecule has 0 amide bonds. The fourth-order valence-electron chi connectivity index (χ4n) is 1.94. The molecule has 0 unspecified atom stereocenters. The first-order chi connectivity index (χ1) is 8.79. The van der Waals surface area contributed by atoms with Crippen LogP contribution in [0.25, 0.3) is 10.4 Å². The van der Waals surface area contributed by atoms with Gasteiger partial charge < -0.3 is 5.11 Å². The van der Waals surface area contributed by atoms with Crippen molar-refractivity contribution in [3.8, 4) is 10.4 Å². The van der Waals surface area contributed by atoms with E-state index in [4.69, 9.17) is 5.11 Å². The van der Waals surface area contributed by atoms with Gasteiger partial charge in [-0.1, -0.05) is 32.9 Å². The van der Waals surface area contributed by atoms with Crippen molar-refractivity contribution >= 4 is 17.3 Å². The summed E-state index contributed by atoms with van der Waals surface area (Å²) in [5.41, 5.74) is 4.02. The molecule has 3 heteroatoms. The second-order valence-electron chi connectivity index (χ2n) is 5.78. The van der Waals surface area contributed by atoms with Crippen LogP contribution in [0.2, 0.25) is 0 Å². The highest BCUT2D eigenvalue weighted by molar-refractivity contribution is 7.13. The van der Waals surface area contributed by atoms with Gasteiger partial charge in [-0.15, -0.1) is 11.3 Å². The van der Waals surface area contributed by atoms with Gasteiger partial charge in [0.15, 0.2) is 0 Å². The minimum Gasteiger partial charge on any atom is -0.478 e. The van der Waals surface area contributed by atoms with Crippen LogP contribution in [0, 0.1) is 6.92 Å². The Morgan fingerprint density at radius 2 is 1.89 bits per heavy atom. The molecular weight excluding hydrogens is 256 g/mol. The first-order valence-corrected chi connectivity index (χ1v) is 7.10. The SMILES string of the molecule is Cc1ccc(C(C)(C)C)cc1-c1cc(C(=O)O)cs1. The average molecular weight is 274 g/mol. The summed E-state index contributed by atoms with van der Waals surface area (Å²) in [5.74, 6) is -0.868. The molecule has 0 fully saturated rings. The van der Waals surface area contributed by atoms with Gasteiger partial charge in [-0.2, -0.15) is 0 Å². The lowest BCUT2D eigenvalue weighted by molar-refractivity contribution is 0.0697. The van der Waals surface area contributed by atoms with Crippen molar-refractivity contribution in [3.05, 3.63) is 46.3 Å². The van der Waals surface area contributed by atoms with Crippen molar-refractivity contribution in [1.29, 1.82) is 0 Å². The number of aryl methyl sites for hydroxylation is 1. The van der Waals surface area contributed by atoms with Crippen LogP contribution in [0.5, 0.6) is 0 Å². The molecule has 0 aliphatic rings. The van der Waals surface area contributed by atoms with Gasteiger partial charge in [0.1, 0.15) is 0 Å². The van der Waals surface area contributed by atoms with E-state index in [1.54, 1.807) is 11.4 Å². The first-order valence-electron chi connectivity index (χ1n) is 6.22. The van der Waals surface area contributed by atoms with Crippen LogP contribution in [-0.4, -0.2) is 11.1 Å². The molecule has 2 rings (SSSR count). The summed E-state index contributed by atoms with van der Waals surface area (Å²) in [4.78, 5) is 12.0. The molecule has 1 heterocycles. The maximum Gasteiger partial charge on any atom is 0.336 e. The Hall–Kier alpha value is -1.61. The number of hydrogen-bond acceptors (Lipinski definition) is 2. The second-order valence-corrected chi connectivity index (χ2v) is 6.70. The second kappa shape index (κ2) is 4.82. The Kier molecular flexibility index (Phi) is 3.50. The Labute approximate surface area is 117 Å². The van der Waals surface area contributed by atoms with Gasteiger partial charge in [0.05, 0.1) is 5.56 Å². The quantitative estimate of drug-likeness (QED) is 0.860. The third-order valence-electron chi connectivity index (χ3n) is 3.22. The van der Waals surface area contributed by atoms with E-state index in [9.17, 15) is 4.79 Å². The third-order valence-corrected chi connectivity index (χ3v) is 4.18. The molecule has 1 N–H and O–H groups in total. The Morgan fingerprint density at radius 1 is 1.21 bits per heavy atom. The molecule has 0 aliphatic carbocycles. The predicted molar refractivity (Wildman–Crippen MR) is 80.2 cm³/mol. The van der Waals surface area contributed by atoms with Crippen molar-refractivity contribution in [2.75, 3.05) is 0 Å². The molecule has 0 spiro atoms. The minimum absolute atomic E-state index is 0.0926. The van der Waals surface area contributed by atoms with Gasteiger partial charge in [0.25, 0.3) is 0 Å². The average Bonchev–Trinajstić information content (AvgIpc) is 2.77. The minimum atomic E-state index is -0.868. The van der Waals surface area contributed by atoms with Crippen molar-refractivity contribution < 1.29 is 9.90 Å². The van der Waals surface area contributed by atoms with Crippen LogP contribution in [0.3, 0.4) is 0 Å². The lowest BCUT2D eigenvalue weighted by Gasteiger charge is -2.20. The fourth-order valence-corrected chi connectivity index (χ4v) is 2.91. The molecule has 19 heavy (non-hydrogen) atoms. The highest BCUT2D eigenvalue weighted by Gasteiger charge is 2.16. The molecule has 0 radical (unpaired) electrons. The molecule has 100 valence electrons. The van der Waals surface area contributed by atoms with E-state index >= 15 is 0 Å². The zero-order valence-corrected chi connectivity index (χ0v) is 12.5. The third kappa shape index (κ3) is 2.87. The van der Waals surface area contributed by atoms with Crippen molar-refractivity contribution in [2.45, 2.75) is 33.1 Å². The first kappa shape index (κ1) is 13.8. The normalized spacial score (nSPS) is 11.6. The lowest BCUT2D eigenvalue weighted by atomic mass is 9.85. The van der Waals surface area contributed by atoms with Crippen LogP contribution in [0.1, 0.15) is 42.3 Å². The smallest absolute Gasteiger partial charge is 0.336 e. The predicted octanol–water partition coefficient (Wildman–Crippen LogP) is 4.72. The zero-order valence-electron chi connectivity index (χ0n) is 11.7. The number of aromatic carboxylic acids is 1. The summed E-state index contributed by atoms with van der Waals surface area (Å²) in [6.45, 7) is 8.59. The van der Waals surface area contributed by atoms with Gasteiger partial charge in [0, 0.05) is 10.3 Å². The van der Waals surface area contributed by atoms with E-state index in [0.29, 0.717) is 5.56 Å². The van der Waals surface area contributed by atoms with Crippen molar-refractivity contribution in [3.63, 3.8) is 0 Å². The molecule has 0 bridgehead atoms. The van der Waals surface area contributed by atoms with Gasteiger partial charge in [-0.25, -0.2) is 4.79 Å². The number of carboxylic acids is 1. The molecule has 0 saturated carbocycles. The number of rotatable bonds is 2. The van der Waals surface area contributed by atoms with E-state index in [0.717, 1.165) is 10.4 Å². The largest absolute Gasteiger partial charge is 0.478 e. The number of hydrogen-bond donors (Lipinski definition) is 1. The maximum absolute atomic E-state index is 11.0. The molecule has 2 nitrogen and oxygen atoms in total. The highest BCUT2D eigenvalue weighted by atomic mass is 32.1. The summed E-state index contributed by atoms with van der Waals surface area (Å²) >= 11 is 1.48. The standard InChI is InChI=1S/C16H18O2S/c1-10-5-6-12(16(2,3)4)8-13(10)14-7-11(9-19-14)15(17)18/h5-9H,1-4H3,(H,17,18). The van der Waals surface area contributed by atoms with Crippen LogP contribution in [-0.2, 0) is 5.41 Å². The molecule has 1 aromatic heterocycles. The Bertz CT molecular complexity index is 618. The van der Waals surface area contributed by atoms with Gasteiger partial charge in [-0.3, -0.25) is 0 Å². The monoisotopic (exact) mass is 274 g/mol. The lowest BCUT2D eigenvalue weighted by Crippen LogP contribution is -2.11. The van der Waals surface area contributed by atoms with E-state index < -0.39 is 5.97 Å². The van der Waals surface area contributed by atoms with Crippen LogP contribution in [0.15, 0.2) is 29.6 Å². The number of carboxylic acid groups (broad SMARTS) is 1. The Morgan fingerprint density at radius 3 is 2.42 bits per heavy atom. The van der Waals surface area contributed by atoms with Crippen LogP contribution >= 0.6 is 11.3 Å². The van der Waals surface area contributed by atoms with Gasteiger partial charge in [-0.05, 0) is 41.2 Å². The molecule has 0 atom stereocenters. The molecule has 1 aromatic carbocycles. The van der Waals surface area contributed by atoms with Gasteiger partial charge >= 0.3 is 5.97 Å². The molecule has 0 saturated heterocycles. The summed E-state index contributed by atoms with van der Waals surface area (Å²) in [7, 11) is 0. The topological polar surface area (TPSA) is 37.3 Å². The number of benzene rings is 1. The van der Waals surface area contributed by atoms with E-state index in [1.165, 1.54) is 22.5 Å². The summed E-state index contributed by atoms with van der Waals surface area (Å²) in [6, 6.07) is 8.18. The van der Waals surface area contributed by atoms with E-state index in [1.807, 2.05) is 0 Å². The van der Waals surface area contributed by atoms with Crippen LogP contribution < -0.4 is 0 Å². The highest BCUT2D eigenvalue weighted by Crippen LogP contribution is 2.33. The molecule has 0 aliphatic heterocycles. The summed E-state index contributed by atoms with van der Waals surface area (Å²) in [6.07, 6.45) is 0. The summed E-state index contributed by atoms with van der Waals surface area (Å²) in [5, 5.41) is 10.7. The number of thiophene rings is 1. The zero-order chi connectivity index (χ0) is 14.2. The van der Waals surface area contributed by atoms with Crippen molar-refractivity contribution in [1.82, 2.24) is 0 Å². The van der Waals surface area contributed by atoms with Crippen molar-refractivity contribution in [2.24, 2.45) is 0 Å². The fraction of sp³-hybridized carbons (Fsp3) is 0.312. The van der Waals surface area contributed by atoms with E-state index in [-0.39, 0.29) is 5.41 Å². The Balaban J connectivity index is 2.51. The van der Waals surface area contributed by atoms with Crippen LogP contribution in [0.4, 0.5) is 0 Å². The van der Waals surface area contributed by atoms with Gasteiger partial charge in [0.2, 0.25) is 0 Å². The number of carbonyl (C=O) groups is 1. The maximum atomic E-state index is 11.0. The summed E-state index contributed by atoms with van der Waals surface area (Å²) < 4.78 is 0. The molecular formula is C16H18O2S. The molecule has 2 aromatic rings.